The second-order valence-corrected chi connectivity index (χ2v) is 8.92. The van der Waals surface area contributed by atoms with Gasteiger partial charge in [-0.25, -0.2) is 8.42 Å². The number of nitrogens with one attached hydrogen (secondary N) is 1. The van der Waals surface area contributed by atoms with Crippen LogP contribution in [-0.2, 0) is 19.6 Å². The van der Waals surface area contributed by atoms with Crippen molar-refractivity contribution in [2.24, 2.45) is 0 Å². The number of anilines is 1. The zero-order valence-corrected chi connectivity index (χ0v) is 19.5. The van der Waals surface area contributed by atoms with E-state index in [1.807, 2.05) is 0 Å². The number of aryl methyl sites for hydroxylation is 1. The monoisotopic (exact) mass is 470 g/mol. The third-order valence-corrected chi connectivity index (χ3v) is 6.54. The van der Waals surface area contributed by atoms with Crippen molar-refractivity contribution in [1.29, 1.82) is 0 Å². The highest BCUT2D eigenvalue weighted by molar-refractivity contribution is 7.93. The number of rotatable bonds is 11. The van der Waals surface area contributed by atoms with E-state index in [2.05, 4.69) is 5.32 Å². The summed E-state index contributed by atoms with van der Waals surface area (Å²) in [5.41, 5.74) is 0.956. The summed E-state index contributed by atoms with van der Waals surface area (Å²) in [6.45, 7) is 2.18. The molecule has 0 saturated carbocycles. The van der Waals surface area contributed by atoms with E-state index in [9.17, 15) is 13.2 Å². The van der Waals surface area contributed by atoms with Gasteiger partial charge >= 0.3 is 0 Å². The van der Waals surface area contributed by atoms with Crippen LogP contribution in [0.1, 0.15) is 12.0 Å². The van der Waals surface area contributed by atoms with Gasteiger partial charge in [-0.15, -0.1) is 0 Å². The number of hydrogen-bond donors (Lipinski definition) is 1. The van der Waals surface area contributed by atoms with Crippen molar-refractivity contribution in [3.8, 4) is 11.5 Å². The van der Waals surface area contributed by atoms with Gasteiger partial charge in [0.2, 0.25) is 5.91 Å². The molecule has 2 rings (SSSR count). The smallest absolute Gasteiger partial charge is 0.268 e. The van der Waals surface area contributed by atoms with Crippen molar-refractivity contribution in [2.45, 2.75) is 18.2 Å². The molecule has 8 nitrogen and oxygen atoms in total. The molecule has 0 bridgehead atoms. The fourth-order valence-electron chi connectivity index (χ4n) is 2.86. The van der Waals surface area contributed by atoms with Crippen LogP contribution in [0.4, 0.5) is 5.69 Å². The zero-order chi connectivity index (χ0) is 23.0. The van der Waals surface area contributed by atoms with Crippen LogP contribution in [0.15, 0.2) is 41.3 Å². The first-order chi connectivity index (χ1) is 14.7. The number of methoxy groups -OCH3 is 3. The quantitative estimate of drug-likeness (QED) is 0.507. The van der Waals surface area contributed by atoms with Gasteiger partial charge in [0.05, 0.1) is 24.9 Å². The molecule has 0 radical (unpaired) electrons. The van der Waals surface area contributed by atoms with Crippen LogP contribution in [0.3, 0.4) is 0 Å². The van der Waals surface area contributed by atoms with Crippen molar-refractivity contribution < 1.29 is 27.4 Å². The van der Waals surface area contributed by atoms with E-state index in [-0.39, 0.29) is 21.4 Å². The lowest BCUT2D eigenvalue weighted by Crippen LogP contribution is -2.41. The largest absolute Gasteiger partial charge is 0.495 e. The standard InChI is InChI=1S/C21H27ClN2O6S/c1-15-6-8-19(30-4)20(12-15)31(26,27)24(14-21(25)23-10-5-11-28-2)16-7-9-18(29-3)17(22)13-16/h6-9,12-13H,5,10-11,14H2,1-4H3,(H,23,25). The summed E-state index contributed by atoms with van der Waals surface area (Å²) in [6, 6.07) is 9.34. The van der Waals surface area contributed by atoms with Gasteiger partial charge in [0, 0.05) is 20.3 Å². The lowest BCUT2D eigenvalue weighted by Gasteiger charge is -2.25. The van der Waals surface area contributed by atoms with Gasteiger partial charge in [-0.3, -0.25) is 9.10 Å². The average Bonchev–Trinajstić information content (AvgIpc) is 2.75. The second kappa shape index (κ2) is 11.2. The van der Waals surface area contributed by atoms with E-state index >= 15 is 0 Å². The fraction of sp³-hybridized carbons (Fsp3) is 0.381. The van der Waals surface area contributed by atoms with Crippen LogP contribution in [0.25, 0.3) is 0 Å². The first kappa shape index (κ1) is 24.8. The van der Waals surface area contributed by atoms with Crippen LogP contribution < -0.4 is 19.1 Å². The molecule has 0 fully saturated rings. The van der Waals surface area contributed by atoms with Crippen LogP contribution in [0.2, 0.25) is 5.02 Å². The SMILES string of the molecule is COCCCNC(=O)CN(c1ccc(OC)c(Cl)c1)S(=O)(=O)c1cc(C)ccc1OC. The Bertz CT molecular complexity index is 1010. The normalized spacial score (nSPS) is 11.1. The maximum Gasteiger partial charge on any atom is 0.268 e. The highest BCUT2D eigenvalue weighted by atomic mass is 35.5. The summed E-state index contributed by atoms with van der Waals surface area (Å²) < 4.78 is 43.6. The first-order valence-electron chi connectivity index (χ1n) is 9.51. The summed E-state index contributed by atoms with van der Waals surface area (Å²) in [7, 11) is 0.254. The molecule has 2 aromatic carbocycles. The number of hydrogen-bond acceptors (Lipinski definition) is 6. The summed E-state index contributed by atoms with van der Waals surface area (Å²) in [6.07, 6.45) is 0.606. The van der Waals surface area contributed by atoms with Crippen LogP contribution in [0.5, 0.6) is 11.5 Å². The molecule has 0 aliphatic carbocycles. The fourth-order valence-corrected chi connectivity index (χ4v) is 4.77. The third kappa shape index (κ3) is 6.25. The molecular weight excluding hydrogens is 444 g/mol. The maximum atomic E-state index is 13.6. The Kier molecular flexibility index (Phi) is 8.97. The summed E-state index contributed by atoms with van der Waals surface area (Å²) >= 11 is 6.22. The van der Waals surface area contributed by atoms with Crippen molar-refractivity contribution in [3.05, 3.63) is 47.0 Å². The average molecular weight is 471 g/mol. The number of halogens is 1. The number of nitrogens with zero attached hydrogens (tertiary/aromatic N) is 1. The van der Waals surface area contributed by atoms with E-state index in [0.29, 0.717) is 25.3 Å². The van der Waals surface area contributed by atoms with Crippen molar-refractivity contribution >= 4 is 33.2 Å². The Hall–Kier alpha value is -2.49. The van der Waals surface area contributed by atoms with Gasteiger partial charge < -0.3 is 19.5 Å². The number of ether oxygens (including phenoxy) is 3. The van der Waals surface area contributed by atoms with Gasteiger partial charge in [0.15, 0.2) is 0 Å². The Morgan fingerprint density at radius 2 is 1.74 bits per heavy atom. The van der Waals surface area contributed by atoms with Crippen LogP contribution in [0, 0.1) is 6.92 Å². The lowest BCUT2D eigenvalue weighted by atomic mass is 10.2. The minimum absolute atomic E-state index is 0.0471. The highest BCUT2D eigenvalue weighted by Crippen LogP contribution is 2.34. The molecule has 0 aliphatic heterocycles. The topological polar surface area (TPSA) is 94.2 Å². The molecule has 0 aliphatic rings. The van der Waals surface area contributed by atoms with Gasteiger partial charge in [-0.1, -0.05) is 17.7 Å². The predicted molar refractivity (Wildman–Crippen MR) is 120 cm³/mol. The van der Waals surface area contributed by atoms with Gasteiger partial charge in [-0.05, 0) is 49.2 Å². The van der Waals surface area contributed by atoms with Crippen molar-refractivity contribution in [1.82, 2.24) is 5.32 Å². The minimum atomic E-state index is -4.16. The third-order valence-electron chi connectivity index (χ3n) is 4.45. The van der Waals surface area contributed by atoms with Gasteiger partial charge in [0.25, 0.3) is 10.0 Å². The molecule has 1 N–H and O–H groups in total. The molecule has 0 heterocycles. The predicted octanol–water partition coefficient (Wildman–Crippen LogP) is 3.01. The summed E-state index contributed by atoms with van der Waals surface area (Å²) in [4.78, 5) is 12.5. The van der Waals surface area contributed by atoms with Gasteiger partial charge in [-0.2, -0.15) is 0 Å². The Morgan fingerprint density at radius 3 is 2.35 bits per heavy atom. The molecule has 170 valence electrons. The van der Waals surface area contributed by atoms with E-state index in [0.717, 1.165) is 9.87 Å². The molecule has 2 aromatic rings. The molecule has 0 aromatic heterocycles. The number of sulfonamides is 1. The molecule has 0 atom stereocenters. The van der Waals surface area contributed by atoms with Crippen molar-refractivity contribution in [3.63, 3.8) is 0 Å². The van der Waals surface area contributed by atoms with E-state index in [4.69, 9.17) is 25.8 Å². The van der Waals surface area contributed by atoms with Crippen molar-refractivity contribution in [2.75, 3.05) is 45.3 Å². The number of carbonyl (C=O) groups is 1. The second-order valence-electron chi connectivity index (χ2n) is 6.68. The molecule has 0 spiro atoms. The Balaban J connectivity index is 2.47. The number of benzene rings is 2. The highest BCUT2D eigenvalue weighted by Gasteiger charge is 2.30. The van der Waals surface area contributed by atoms with E-state index in [1.165, 1.54) is 32.4 Å². The molecular formula is C21H27ClN2O6S. The van der Waals surface area contributed by atoms with E-state index in [1.54, 1.807) is 32.2 Å². The Labute approximate surface area is 188 Å². The molecule has 0 saturated heterocycles. The lowest BCUT2D eigenvalue weighted by molar-refractivity contribution is -0.119. The first-order valence-corrected chi connectivity index (χ1v) is 11.3. The molecule has 10 heteroatoms. The molecule has 1 amide bonds. The number of amides is 1. The summed E-state index contributed by atoms with van der Waals surface area (Å²) in [5, 5.41) is 2.92. The zero-order valence-electron chi connectivity index (χ0n) is 18.0. The summed E-state index contributed by atoms with van der Waals surface area (Å²) in [5.74, 6) is 0.105. The maximum absolute atomic E-state index is 13.6. The number of carbonyl (C=O) groups excluding carboxylic acids is 1. The molecule has 0 unspecified atom stereocenters. The Morgan fingerprint density at radius 1 is 1.06 bits per heavy atom. The van der Waals surface area contributed by atoms with Crippen LogP contribution in [-0.4, -0.2) is 55.4 Å². The minimum Gasteiger partial charge on any atom is -0.495 e. The molecule has 31 heavy (non-hydrogen) atoms. The van der Waals surface area contributed by atoms with Gasteiger partial charge in [0.1, 0.15) is 22.9 Å². The van der Waals surface area contributed by atoms with Crippen LogP contribution >= 0.6 is 11.6 Å². The van der Waals surface area contributed by atoms with E-state index < -0.39 is 22.5 Å².